The molecule has 0 spiro atoms. The van der Waals surface area contributed by atoms with Crippen LogP contribution in [0.5, 0.6) is 5.75 Å². The molecule has 0 bridgehead atoms. The first kappa shape index (κ1) is 34.6. The van der Waals surface area contributed by atoms with Crippen LogP contribution in [0.15, 0.2) is 138 Å². The third-order valence-corrected chi connectivity index (χ3v) is 8.41. The lowest BCUT2D eigenvalue weighted by atomic mass is 10.1. The summed E-state index contributed by atoms with van der Waals surface area (Å²) < 4.78 is 0. The summed E-state index contributed by atoms with van der Waals surface area (Å²) in [5.41, 5.74) is 1.44. The molecule has 5 N–H and O–H groups in total. The number of aromatic hydroxyl groups is 1. The van der Waals surface area contributed by atoms with Crippen LogP contribution in [0.1, 0.15) is 37.1 Å². The van der Waals surface area contributed by atoms with E-state index in [0.717, 1.165) is 0 Å². The van der Waals surface area contributed by atoms with E-state index in [2.05, 4.69) is 16.0 Å². The van der Waals surface area contributed by atoms with Gasteiger partial charge in [-0.3, -0.25) is 24.5 Å². The van der Waals surface area contributed by atoms with E-state index in [-0.39, 0.29) is 22.6 Å². The molecule has 5 rings (SSSR count). The number of amides is 3. The SMILES string of the molecule is O=C(Nc1ccc(SC(C(=O)Nc2ccc(O)c(C(=O)O)c2)c2ccccc2)cc1)/C(=C/c1ccc([N+](=O)[O-])cc1)NC(=O)c1ccccc1. The van der Waals surface area contributed by atoms with Crippen molar-refractivity contribution in [2.24, 2.45) is 0 Å². The van der Waals surface area contributed by atoms with Crippen LogP contribution < -0.4 is 16.0 Å². The van der Waals surface area contributed by atoms with Crippen LogP contribution in [0.3, 0.4) is 0 Å². The summed E-state index contributed by atoms with van der Waals surface area (Å²) in [4.78, 5) is 62.5. The standard InChI is InChI=1S/C37H28N4O8S/c42-32-20-15-27(22-30(32)37(46)47)39-36(45)33(24-7-3-1-4-8-24)50-29-18-13-26(14-19-29)38-35(44)31(40-34(43)25-9-5-2-6-10-25)21-23-11-16-28(17-12-23)41(48)49/h1-22,33,42H,(H,38,44)(H,39,45)(H,40,43)(H,46,47)/b31-21-. The summed E-state index contributed by atoms with van der Waals surface area (Å²) in [5, 5.41) is 37.6. The molecule has 0 heterocycles. The van der Waals surface area contributed by atoms with Gasteiger partial charge < -0.3 is 26.2 Å². The molecule has 0 aliphatic rings. The van der Waals surface area contributed by atoms with E-state index < -0.39 is 39.6 Å². The second-order valence-electron chi connectivity index (χ2n) is 10.6. The van der Waals surface area contributed by atoms with E-state index in [1.54, 1.807) is 78.9 Å². The van der Waals surface area contributed by atoms with E-state index in [4.69, 9.17) is 0 Å². The van der Waals surface area contributed by atoms with Crippen molar-refractivity contribution in [3.63, 3.8) is 0 Å². The summed E-state index contributed by atoms with van der Waals surface area (Å²) in [5.74, 6) is -3.38. The number of thioether (sulfide) groups is 1. The molecule has 5 aromatic rings. The lowest BCUT2D eigenvalue weighted by Gasteiger charge is -2.18. The van der Waals surface area contributed by atoms with Crippen molar-refractivity contribution in [1.82, 2.24) is 5.32 Å². The summed E-state index contributed by atoms with van der Waals surface area (Å²) in [6.07, 6.45) is 1.40. The topological polar surface area (TPSA) is 188 Å². The maximum atomic E-state index is 13.5. The first-order chi connectivity index (χ1) is 24.1. The zero-order chi connectivity index (χ0) is 35.6. The molecule has 1 atom stereocenters. The van der Waals surface area contributed by atoms with Crippen molar-refractivity contribution in [2.45, 2.75) is 10.1 Å². The van der Waals surface area contributed by atoms with Crippen molar-refractivity contribution in [3.05, 3.63) is 165 Å². The maximum Gasteiger partial charge on any atom is 0.339 e. The Balaban J connectivity index is 1.34. The molecule has 1 unspecified atom stereocenters. The number of nitrogens with zero attached hydrogens (tertiary/aromatic N) is 1. The van der Waals surface area contributed by atoms with Gasteiger partial charge in [-0.05, 0) is 83.9 Å². The van der Waals surface area contributed by atoms with Gasteiger partial charge in [-0.15, -0.1) is 11.8 Å². The Labute approximate surface area is 289 Å². The largest absolute Gasteiger partial charge is 0.507 e. The smallest absolute Gasteiger partial charge is 0.339 e. The van der Waals surface area contributed by atoms with Gasteiger partial charge in [0.1, 0.15) is 22.3 Å². The molecular formula is C37H28N4O8S. The Morgan fingerprint density at radius 1 is 0.760 bits per heavy atom. The Hall–Kier alpha value is -6.73. The predicted octanol–water partition coefficient (Wildman–Crippen LogP) is 6.88. The highest BCUT2D eigenvalue weighted by Gasteiger charge is 2.23. The van der Waals surface area contributed by atoms with E-state index in [9.17, 15) is 39.5 Å². The Kier molecular flexibility index (Phi) is 11.0. The van der Waals surface area contributed by atoms with Crippen LogP contribution in [0, 0.1) is 10.1 Å². The first-order valence-corrected chi connectivity index (χ1v) is 15.8. The second kappa shape index (κ2) is 15.9. The molecule has 13 heteroatoms. The number of phenols is 1. The molecule has 0 saturated carbocycles. The average Bonchev–Trinajstić information content (AvgIpc) is 3.12. The third-order valence-electron chi connectivity index (χ3n) is 7.14. The van der Waals surface area contributed by atoms with Gasteiger partial charge >= 0.3 is 5.97 Å². The van der Waals surface area contributed by atoms with E-state index in [1.165, 1.54) is 60.3 Å². The minimum Gasteiger partial charge on any atom is -0.507 e. The highest BCUT2D eigenvalue weighted by Crippen LogP contribution is 2.37. The Morgan fingerprint density at radius 2 is 1.38 bits per heavy atom. The van der Waals surface area contributed by atoms with Gasteiger partial charge in [0, 0.05) is 34.0 Å². The molecule has 12 nitrogen and oxygen atoms in total. The van der Waals surface area contributed by atoms with Gasteiger partial charge in [-0.2, -0.15) is 0 Å². The predicted molar refractivity (Wildman–Crippen MR) is 189 cm³/mol. The zero-order valence-corrected chi connectivity index (χ0v) is 26.8. The van der Waals surface area contributed by atoms with Gasteiger partial charge in [-0.1, -0.05) is 48.5 Å². The minimum absolute atomic E-state index is 0.104. The number of carbonyl (C=O) groups is 4. The van der Waals surface area contributed by atoms with Crippen LogP contribution in [-0.4, -0.2) is 38.8 Å². The number of hydrogen-bond donors (Lipinski definition) is 5. The van der Waals surface area contributed by atoms with Crippen LogP contribution in [0.2, 0.25) is 0 Å². The van der Waals surface area contributed by atoms with E-state index in [0.29, 0.717) is 27.3 Å². The fourth-order valence-electron chi connectivity index (χ4n) is 4.65. The van der Waals surface area contributed by atoms with Crippen LogP contribution in [0.4, 0.5) is 17.1 Å². The molecule has 0 aromatic heterocycles. The number of anilines is 2. The van der Waals surface area contributed by atoms with Gasteiger partial charge in [0.15, 0.2) is 0 Å². The number of benzene rings is 5. The van der Waals surface area contributed by atoms with Crippen LogP contribution in [-0.2, 0) is 9.59 Å². The van der Waals surface area contributed by atoms with Gasteiger partial charge in [0.05, 0.1) is 4.92 Å². The third kappa shape index (κ3) is 8.99. The zero-order valence-electron chi connectivity index (χ0n) is 26.0. The number of nitro groups is 1. The highest BCUT2D eigenvalue weighted by atomic mass is 32.2. The maximum absolute atomic E-state index is 13.5. The number of rotatable bonds is 12. The molecule has 0 radical (unpaired) electrons. The number of nitro benzene ring substituents is 1. The average molecular weight is 689 g/mol. The molecule has 250 valence electrons. The van der Waals surface area contributed by atoms with Crippen molar-refractivity contribution >= 4 is 58.6 Å². The molecule has 50 heavy (non-hydrogen) atoms. The molecule has 5 aromatic carbocycles. The summed E-state index contributed by atoms with van der Waals surface area (Å²) in [6.45, 7) is 0. The number of carboxylic acid groups (broad SMARTS) is 1. The second-order valence-corrected chi connectivity index (χ2v) is 11.8. The molecule has 0 aliphatic carbocycles. The summed E-state index contributed by atoms with van der Waals surface area (Å²) >= 11 is 1.22. The number of carbonyl (C=O) groups excluding carboxylic acids is 3. The van der Waals surface area contributed by atoms with Crippen LogP contribution in [0.25, 0.3) is 6.08 Å². The lowest BCUT2D eigenvalue weighted by molar-refractivity contribution is -0.384. The van der Waals surface area contributed by atoms with E-state index in [1.807, 2.05) is 6.07 Å². The minimum atomic E-state index is -1.34. The Morgan fingerprint density at radius 3 is 2.00 bits per heavy atom. The normalized spacial score (nSPS) is 11.6. The summed E-state index contributed by atoms with van der Waals surface area (Å²) in [6, 6.07) is 33.2. The van der Waals surface area contributed by atoms with Crippen molar-refractivity contribution in [2.75, 3.05) is 10.6 Å². The molecule has 3 amide bonds. The number of carboxylic acids is 1. The molecule has 0 fully saturated rings. The fourth-order valence-corrected chi connectivity index (χ4v) is 5.67. The fraction of sp³-hybridized carbons (Fsp3) is 0.0270. The van der Waals surface area contributed by atoms with Gasteiger partial charge in [0.2, 0.25) is 5.91 Å². The molecule has 0 aliphatic heterocycles. The van der Waals surface area contributed by atoms with Gasteiger partial charge in [0.25, 0.3) is 17.5 Å². The van der Waals surface area contributed by atoms with Crippen molar-refractivity contribution in [1.29, 1.82) is 0 Å². The number of aromatic carboxylic acids is 1. The summed E-state index contributed by atoms with van der Waals surface area (Å²) in [7, 11) is 0. The molecule has 0 saturated heterocycles. The number of nitrogens with one attached hydrogen (secondary N) is 3. The number of hydrogen-bond acceptors (Lipinski definition) is 8. The molecular weight excluding hydrogens is 660 g/mol. The van der Waals surface area contributed by atoms with Gasteiger partial charge in [-0.25, -0.2) is 4.79 Å². The Bertz CT molecular complexity index is 2070. The lowest BCUT2D eigenvalue weighted by Crippen LogP contribution is -2.30. The monoisotopic (exact) mass is 688 g/mol. The van der Waals surface area contributed by atoms with Crippen molar-refractivity contribution in [3.8, 4) is 5.75 Å². The van der Waals surface area contributed by atoms with Crippen molar-refractivity contribution < 1.29 is 34.3 Å². The first-order valence-electron chi connectivity index (χ1n) is 14.9. The quantitative estimate of drug-likeness (QED) is 0.0306. The number of non-ortho nitro benzene ring substituents is 1. The highest BCUT2D eigenvalue weighted by molar-refractivity contribution is 8.00. The van der Waals surface area contributed by atoms with Crippen LogP contribution >= 0.6 is 11.8 Å². The van der Waals surface area contributed by atoms with E-state index >= 15 is 0 Å².